The summed E-state index contributed by atoms with van der Waals surface area (Å²) >= 11 is 1.75. The number of pyridine rings is 1. The minimum atomic E-state index is -0.378. The Morgan fingerprint density at radius 3 is 2.69 bits per heavy atom. The first kappa shape index (κ1) is 24.8. The first-order valence-corrected chi connectivity index (χ1v) is 13.5. The number of ether oxygens (including phenoxy) is 2. The van der Waals surface area contributed by atoms with Crippen LogP contribution in [0.25, 0.3) is 10.4 Å². The van der Waals surface area contributed by atoms with Gasteiger partial charge in [-0.2, -0.15) is 0 Å². The Labute approximate surface area is 217 Å². The number of likely N-dealkylation sites (tertiary alicyclic amines) is 1. The molecule has 5 rings (SSSR count). The lowest BCUT2D eigenvalue weighted by molar-refractivity contribution is 0.0383. The molecule has 6 nitrogen and oxygen atoms in total. The number of rotatable bonds is 7. The van der Waals surface area contributed by atoms with E-state index in [0.29, 0.717) is 30.0 Å². The maximum Gasteiger partial charge on any atom is 0.166 e. The molecule has 2 N–H and O–H groups in total. The van der Waals surface area contributed by atoms with Crippen LogP contribution in [-0.4, -0.2) is 47.7 Å². The van der Waals surface area contributed by atoms with Gasteiger partial charge in [0.15, 0.2) is 11.6 Å². The fourth-order valence-electron chi connectivity index (χ4n) is 4.62. The van der Waals surface area contributed by atoms with Crippen LogP contribution >= 0.6 is 11.3 Å². The van der Waals surface area contributed by atoms with E-state index in [1.54, 1.807) is 24.6 Å². The lowest BCUT2D eigenvalue weighted by atomic mass is 9.98. The van der Waals surface area contributed by atoms with Crippen molar-refractivity contribution in [2.75, 3.05) is 33.0 Å². The van der Waals surface area contributed by atoms with Crippen molar-refractivity contribution in [1.29, 1.82) is 0 Å². The highest BCUT2D eigenvalue weighted by Gasteiger charge is 2.40. The SMILES string of the molecule is COC(C)(C#Cc1cccc(COc2cc(-c3cnc(C4CCN(C)CC4)s3)cnc2N)c1)C1CC1. The van der Waals surface area contributed by atoms with Crippen molar-refractivity contribution < 1.29 is 9.47 Å². The molecule has 1 aliphatic heterocycles. The summed E-state index contributed by atoms with van der Waals surface area (Å²) in [5, 5.41) is 1.21. The van der Waals surface area contributed by atoms with Crippen molar-refractivity contribution >= 4 is 17.2 Å². The van der Waals surface area contributed by atoms with Crippen LogP contribution in [-0.2, 0) is 11.3 Å². The maximum atomic E-state index is 6.15. The highest BCUT2D eigenvalue weighted by Crippen LogP contribution is 2.41. The van der Waals surface area contributed by atoms with Gasteiger partial charge < -0.3 is 20.1 Å². The van der Waals surface area contributed by atoms with E-state index < -0.39 is 0 Å². The molecule has 3 heterocycles. The molecule has 1 aliphatic carbocycles. The number of hydrogen-bond donors (Lipinski definition) is 1. The third-order valence-corrected chi connectivity index (χ3v) is 8.52. The van der Waals surface area contributed by atoms with Crippen LogP contribution < -0.4 is 10.5 Å². The molecule has 2 fully saturated rings. The Bertz CT molecular complexity index is 1270. The van der Waals surface area contributed by atoms with E-state index in [4.69, 9.17) is 20.2 Å². The molecule has 0 amide bonds. The number of thiazole rings is 1. The van der Waals surface area contributed by atoms with Crippen molar-refractivity contribution in [2.45, 2.75) is 50.7 Å². The summed E-state index contributed by atoms with van der Waals surface area (Å²) in [5.74, 6) is 8.67. The van der Waals surface area contributed by atoms with E-state index in [0.717, 1.165) is 47.5 Å². The van der Waals surface area contributed by atoms with Crippen LogP contribution in [0.15, 0.2) is 42.7 Å². The molecule has 0 radical (unpaired) electrons. The number of aromatic nitrogens is 2. The lowest BCUT2D eigenvalue weighted by Crippen LogP contribution is -2.29. The molecule has 0 spiro atoms. The van der Waals surface area contributed by atoms with Gasteiger partial charge >= 0.3 is 0 Å². The Hall–Kier alpha value is -2.92. The summed E-state index contributed by atoms with van der Waals surface area (Å²) in [4.78, 5) is 12.6. The average molecular weight is 503 g/mol. The quantitative estimate of drug-likeness (QED) is 0.440. The molecule has 1 saturated carbocycles. The number of nitrogens with zero attached hydrogens (tertiary/aromatic N) is 3. The van der Waals surface area contributed by atoms with Gasteiger partial charge in [-0.15, -0.1) is 11.3 Å². The molecular weight excluding hydrogens is 468 g/mol. The number of anilines is 1. The fourth-order valence-corrected chi connectivity index (χ4v) is 5.69. The molecule has 1 aromatic carbocycles. The highest BCUT2D eigenvalue weighted by molar-refractivity contribution is 7.15. The maximum absolute atomic E-state index is 6.15. The number of benzene rings is 1. The number of piperidine rings is 1. The minimum Gasteiger partial charge on any atom is -0.485 e. The van der Waals surface area contributed by atoms with Crippen LogP contribution in [0.1, 0.15) is 54.7 Å². The molecule has 7 heteroatoms. The zero-order valence-corrected chi connectivity index (χ0v) is 22.1. The molecule has 3 aromatic rings. The van der Waals surface area contributed by atoms with E-state index in [2.05, 4.69) is 41.8 Å². The lowest BCUT2D eigenvalue weighted by Gasteiger charge is -2.27. The summed E-state index contributed by atoms with van der Waals surface area (Å²) in [6, 6.07) is 10.1. The molecule has 2 aromatic heterocycles. The minimum absolute atomic E-state index is 0.378. The van der Waals surface area contributed by atoms with Crippen LogP contribution in [0.2, 0.25) is 0 Å². The second-order valence-corrected chi connectivity index (χ2v) is 11.1. The van der Waals surface area contributed by atoms with Crippen LogP contribution in [0.5, 0.6) is 5.75 Å². The number of nitrogen functional groups attached to an aromatic ring is 1. The second-order valence-electron chi connectivity index (χ2n) is 10.1. The van der Waals surface area contributed by atoms with Gasteiger partial charge in [0.2, 0.25) is 0 Å². The number of hydrogen-bond acceptors (Lipinski definition) is 7. The van der Waals surface area contributed by atoms with Gasteiger partial charge in [-0.25, -0.2) is 9.97 Å². The van der Waals surface area contributed by atoms with E-state index in [-0.39, 0.29) is 5.60 Å². The Balaban J connectivity index is 1.26. The summed E-state index contributed by atoms with van der Waals surface area (Å²) in [7, 11) is 3.92. The summed E-state index contributed by atoms with van der Waals surface area (Å²) in [5.41, 5.74) is 8.73. The highest BCUT2D eigenvalue weighted by atomic mass is 32.1. The molecule has 2 aliphatic rings. The first-order valence-electron chi connectivity index (χ1n) is 12.6. The van der Waals surface area contributed by atoms with Gasteiger partial charge in [0.1, 0.15) is 12.2 Å². The van der Waals surface area contributed by atoms with Crippen molar-refractivity contribution in [3.05, 3.63) is 58.9 Å². The van der Waals surface area contributed by atoms with Gasteiger partial charge in [-0.05, 0) is 82.4 Å². The average Bonchev–Trinajstić information content (AvgIpc) is 3.65. The smallest absolute Gasteiger partial charge is 0.166 e. The molecule has 36 heavy (non-hydrogen) atoms. The largest absolute Gasteiger partial charge is 0.485 e. The molecular formula is C29H34N4O2S. The van der Waals surface area contributed by atoms with Crippen molar-refractivity contribution in [1.82, 2.24) is 14.9 Å². The van der Waals surface area contributed by atoms with Crippen molar-refractivity contribution in [3.63, 3.8) is 0 Å². The Morgan fingerprint density at radius 1 is 1.14 bits per heavy atom. The first-order chi connectivity index (χ1) is 17.4. The van der Waals surface area contributed by atoms with E-state index in [1.807, 2.05) is 30.5 Å². The summed E-state index contributed by atoms with van der Waals surface area (Å²) in [6.07, 6.45) is 8.44. The summed E-state index contributed by atoms with van der Waals surface area (Å²) in [6.45, 7) is 4.71. The third-order valence-electron chi connectivity index (χ3n) is 7.31. The molecule has 1 saturated heterocycles. The Kier molecular flexibility index (Phi) is 7.29. The fraction of sp³-hybridized carbons (Fsp3) is 0.448. The zero-order chi connectivity index (χ0) is 25.1. The molecule has 1 unspecified atom stereocenters. The predicted octanol–water partition coefficient (Wildman–Crippen LogP) is 5.34. The summed E-state index contributed by atoms with van der Waals surface area (Å²) < 4.78 is 11.8. The second kappa shape index (κ2) is 10.6. The molecule has 1 atom stereocenters. The van der Waals surface area contributed by atoms with Gasteiger partial charge in [-0.3, -0.25) is 0 Å². The van der Waals surface area contributed by atoms with Crippen LogP contribution in [0.4, 0.5) is 5.82 Å². The Morgan fingerprint density at radius 2 is 1.94 bits per heavy atom. The van der Waals surface area contributed by atoms with Gasteiger partial charge in [0.05, 0.1) is 9.88 Å². The number of methoxy groups -OCH3 is 1. The standard InChI is InChI=1S/C29H34N4O2S/c1-29(34-3,24-7-8-24)12-9-20-5-4-6-21(15-20)19-35-25-16-23(17-31-27(25)30)26-18-32-28(36-26)22-10-13-33(2)14-11-22/h4-6,15-18,22,24H,7-8,10-11,13-14,19H2,1-3H3,(H2,30,31). The van der Waals surface area contributed by atoms with Crippen molar-refractivity contribution in [3.8, 4) is 28.0 Å². The van der Waals surface area contributed by atoms with Crippen molar-refractivity contribution in [2.24, 2.45) is 5.92 Å². The van der Waals surface area contributed by atoms with E-state index >= 15 is 0 Å². The third kappa shape index (κ3) is 5.73. The van der Waals surface area contributed by atoms with Crippen LogP contribution in [0.3, 0.4) is 0 Å². The molecule has 188 valence electrons. The predicted molar refractivity (Wildman–Crippen MR) is 145 cm³/mol. The normalized spacial score (nSPS) is 18.3. The monoisotopic (exact) mass is 502 g/mol. The zero-order valence-electron chi connectivity index (χ0n) is 21.3. The molecule has 0 bridgehead atoms. The van der Waals surface area contributed by atoms with Gasteiger partial charge in [0, 0.05) is 36.5 Å². The van der Waals surface area contributed by atoms with E-state index in [1.165, 1.54) is 17.8 Å². The van der Waals surface area contributed by atoms with E-state index in [9.17, 15) is 0 Å². The topological polar surface area (TPSA) is 73.5 Å². The van der Waals surface area contributed by atoms with Crippen LogP contribution in [0, 0.1) is 17.8 Å². The number of nitrogens with two attached hydrogens (primary N) is 1. The van der Waals surface area contributed by atoms with Gasteiger partial charge in [0.25, 0.3) is 0 Å². The van der Waals surface area contributed by atoms with Gasteiger partial charge in [-0.1, -0.05) is 24.0 Å².